The van der Waals surface area contributed by atoms with Crippen LogP contribution in [-0.4, -0.2) is 15.0 Å². The van der Waals surface area contributed by atoms with Crippen LogP contribution >= 0.6 is 23.2 Å². The zero-order valence-corrected chi connectivity index (χ0v) is 11.0. The van der Waals surface area contributed by atoms with Crippen molar-refractivity contribution in [2.75, 3.05) is 12.3 Å². The van der Waals surface area contributed by atoms with Crippen molar-refractivity contribution in [3.05, 3.63) is 22.2 Å². The lowest BCUT2D eigenvalue weighted by molar-refractivity contribution is 0.582. The number of anilines is 1. The average Bonchev–Trinajstić information content (AvgIpc) is 2.15. The Hall–Kier alpha value is -0.930. The fraction of sp³-hybridized carbons (Fsp3) is 0.200. The van der Waals surface area contributed by atoms with Crippen molar-refractivity contribution in [3.8, 4) is 12.3 Å². The molecule has 0 fully saturated rings. The summed E-state index contributed by atoms with van der Waals surface area (Å²) in [5.41, 5.74) is 5.78. The van der Waals surface area contributed by atoms with Gasteiger partial charge in [-0.25, -0.2) is 13.1 Å². The third kappa shape index (κ3) is 3.51. The highest BCUT2D eigenvalue weighted by Crippen LogP contribution is 2.31. The van der Waals surface area contributed by atoms with E-state index in [-0.39, 0.29) is 27.9 Å². The molecule has 0 amide bonds. The van der Waals surface area contributed by atoms with E-state index >= 15 is 0 Å². The molecule has 0 spiro atoms. The molecule has 0 unspecified atom stereocenters. The molecule has 0 aliphatic carbocycles. The van der Waals surface area contributed by atoms with Gasteiger partial charge in [-0.15, -0.1) is 12.3 Å². The molecule has 7 heteroatoms. The maximum absolute atomic E-state index is 11.9. The van der Waals surface area contributed by atoms with E-state index in [0.717, 1.165) is 0 Å². The largest absolute Gasteiger partial charge is 0.399 e. The van der Waals surface area contributed by atoms with Crippen molar-refractivity contribution >= 4 is 38.9 Å². The first-order valence-corrected chi connectivity index (χ1v) is 6.80. The summed E-state index contributed by atoms with van der Waals surface area (Å²) >= 11 is 11.6. The van der Waals surface area contributed by atoms with Gasteiger partial charge in [0.1, 0.15) is 4.90 Å². The fourth-order valence-electron chi connectivity index (χ4n) is 1.17. The van der Waals surface area contributed by atoms with Gasteiger partial charge >= 0.3 is 0 Å². The van der Waals surface area contributed by atoms with Gasteiger partial charge in [0.15, 0.2) is 0 Å². The fourth-order valence-corrected chi connectivity index (χ4v) is 3.43. The molecular formula is C10H10Cl2N2O2S. The molecule has 3 N–H and O–H groups in total. The predicted molar refractivity (Wildman–Crippen MR) is 69.5 cm³/mol. The third-order valence-electron chi connectivity index (χ3n) is 1.85. The summed E-state index contributed by atoms with van der Waals surface area (Å²) in [6, 6.07) is 2.65. The van der Waals surface area contributed by atoms with E-state index in [1.807, 2.05) is 0 Å². The maximum Gasteiger partial charge on any atom is 0.243 e. The third-order valence-corrected chi connectivity index (χ3v) is 4.23. The van der Waals surface area contributed by atoms with Crippen LogP contribution in [0.15, 0.2) is 17.0 Å². The van der Waals surface area contributed by atoms with Crippen LogP contribution < -0.4 is 10.5 Å². The zero-order valence-electron chi connectivity index (χ0n) is 8.70. The molecule has 0 aromatic heterocycles. The lowest BCUT2D eigenvalue weighted by Crippen LogP contribution is -2.25. The minimum Gasteiger partial charge on any atom is -0.399 e. The van der Waals surface area contributed by atoms with Gasteiger partial charge in [-0.3, -0.25) is 0 Å². The lowest BCUT2D eigenvalue weighted by Gasteiger charge is -2.09. The summed E-state index contributed by atoms with van der Waals surface area (Å²) in [5, 5.41) is -0.0496. The van der Waals surface area contributed by atoms with Gasteiger partial charge in [0.2, 0.25) is 10.0 Å². The highest BCUT2D eigenvalue weighted by atomic mass is 35.5. The first-order valence-electron chi connectivity index (χ1n) is 4.56. The first-order chi connectivity index (χ1) is 7.88. The molecule has 0 bridgehead atoms. The second-order valence-electron chi connectivity index (χ2n) is 3.17. The number of hydrogen-bond donors (Lipinski definition) is 2. The summed E-state index contributed by atoms with van der Waals surface area (Å²) in [6.45, 7) is 0.121. The molecule has 1 aromatic carbocycles. The van der Waals surface area contributed by atoms with Gasteiger partial charge in [0.25, 0.3) is 0 Å². The van der Waals surface area contributed by atoms with E-state index < -0.39 is 10.0 Å². The van der Waals surface area contributed by atoms with E-state index in [1.54, 1.807) is 0 Å². The Morgan fingerprint density at radius 3 is 2.35 bits per heavy atom. The van der Waals surface area contributed by atoms with Crippen molar-refractivity contribution in [2.45, 2.75) is 11.3 Å². The predicted octanol–water partition coefficient (Wildman–Crippen LogP) is 1.88. The zero-order chi connectivity index (χ0) is 13.1. The summed E-state index contributed by atoms with van der Waals surface area (Å²) in [5.74, 6) is 2.32. The Labute approximate surface area is 110 Å². The Morgan fingerprint density at radius 1 is 1.35 bits per heavy atom. The number of terminal acetylenes is 1. The number of rotatable bonds is 4. The average molecular weight is 293 g/mol. The van der Waals surface area contributed by atoms with Crippen molar-refractivity contribution in [1.29, 1.82) is 0 Å². The molecular weight excluding hydrogens is 283 g/mol. The summed E-state index contributed by atoms with van der Waals surface area (Å²) < 4.78 is 26.0. The van der Waals surface area contributed by atoms with Crippen molar-refractivity contribution in [1.82, 2.24) is 4.72 Å². The topological polar surface area (TPSA) is 72.2 Å². The van der Waals surface area contributed by atoms with Crippen molar-refractivity contribution < 1.29 is 8.42 Å². The van der Waals surface area contributed by atoms with E-state index in [2.05, 4.69) is 10.6 Å². The quantitative estimate of drug-likeness (QED) is 0.506. The van der Waals surface area contributed by atoms with Crippen LogP contribution in [0.3, 0.4) is 0 Å². The molecule has 92 valence electrons. The van der Waals surface area contributed by atoms with Crippen LogP contribution in [0.1, 0.15) is 6.42 Å². The number of nitrogen functional groups attached to an aromatic ring is 1. The Bertz CT molecular complexity index is 541. The standard InChI is InChI=1S/C10H10Cl2N2O2S/c1-2-3-4-14-17(15,16)10-8(11)5-7(13)6-9(10)12/h1,5-6,14H,3-4,13H2. The normalized spacial score (nSPS) is 11.1. The minimum atomic E-state index is -3.78. The van der Waals surface area contributed by atoms with Gasteiger partial charge in [0, 0.05) is 18.7 Å². The number of halogens is 2. The van der Waals surface area contributed by atoms with Crippen LogP contribution in [0.25, 0.3) is 0 Å². The summed E-state index contributed by atoms with van der Waals surface area (Å²) in [7, 11) is -3.78. The Balaban J connectivity index is 3.12. The molecule has 0 heterocycles. The highest BCUT2D eigenvalue weighted by Gasteiger charge is 2.21. The van der Waals surface area contributed by atoms with Gasteiger partial charge < -0.3 is 5.73 Å². The molecule has 0 atom stereocenters. The van der Waals surface area contributed by atoms with Crippen LogP contribution in [0.5, 0.6) is 0 Å². The summed E-state index contributed by atoms with van der Waals surface area (Å²) in [6.07, 6.45) is 5.30. The molecule has 4 nitrogen and oxygen atoms in total. The van der Waals surface area contributed by atoms with Gasteiger partial charge in [-0.2, -0.15) is 0 Å². The molecule has 0 radical (unpaired) electrons. The number of sulfonamides is 1. The van der Waals surface area contributed by atoms with Gasteiger partial charge in [-0.05, 0) is 12.1 Å². The molecule has 0 aliphatic rings. The maximum atomic E-state index is 11.9. The molecule has 0 saturated heterocycles. The molecule has 17 heavy (non-hydrogen) atoms. The number of hydrogen-bond acceptors (Lipinski definition) is 3. The first kappa shape index (κ1) is 14.1. The summed E-state index contributed by atoms with van der Waals surface area (Å²) in [4.78, 5) is -0.188. The number of nitrogens with two attached hydrogens (primary N) is 1. The van der Waals surface area contributed by atoms with Crippen molar-refractivity contribution in [3.63, 3.8) is 0 Å². The van der Waals surface area contributed by atoms with Crippen LogP contribution in [-0.2, 0) is 10.0 Å². The smallest absolute Gasteiger partial charge is 0.243 e. The number of nitrogens with one attached hydrogen (secondary N) is 1. The van der Waals surface area contributed by atoms with E-state index in [0.29, 0.717) is 5.69 Å². The minimum absolute atomic E-state index is 0.0248. The highest BCUT2D eigenvalue weighted by molar-refractivity contribution is 7.89. The Kier molecular flexibility index (Phi) is 4.66. The molecule has 1 rings (SSSR count). The molecule has 0 aliphatic heterocycles. The lowest BCUT2D eigenvalue weighted by atomic mass is 10.3. The van der Waals surface area contributed by atoms with Gasteiger partial charge in [-0.1, -0.05) is 23.2 Å². The van der Waals surface area contributed by atoms with Crippen LogP contribution in [0.4, 0.5) is 5.69 Å². The van der Waals surface area contributed by atoms with E-state index in [9.17, 15) is 8.42 Å². The van der Waals surface area contributed by atoms with E-state index in [4.69, 9.17) is 35.4 Å². The van der Waals surface area contributed by atoms with Crippen LogP contribution in [0.2, 0.25) is 10.0 Å². The molecule has 0 saturated carbocycles. The van der Waals surface area contributed by atoms with Gasteiger partial charge in [0.05, 0.1) is 10.0 Å². The Morgan fingerprint density at radius 2 is 1.88 bits per heavy atom. The van der Waals surface area contributed by atoms with Crippen LogP contribution in [0, 0.1) is 12.3 Å². The SMILES string of the molecule is C#CCCNS(=O)(=O)c1c(Cl)cc(N)cc1Cl. The number of benzene rings is 1. The van der Waals surface area contributed by atoms with E-state index in [1.165, 1.54) is 12.1 Å². The second kappa shape index (κ2) is 5.61. The van der Waals surface area contributed by atoms with Crippen molar-refractivity contribution in [2.24, 2.45) is 0 Å². The second-order valence-corrected chi connectivity index (χ2v) is 5.68. The molecule has 1 aromatic rings. The monoisotopic (exact) mass is 292 g/mol.